The molecule has 0 unspecified atom stereocenters. The van der Waals surface area contributed by atoms with E-state index in [-0.39, 0.29) is 65.4 Å². The minimum absolute atomic E-state index is 0. The Morgan fingerprint density at radius 3 is 1.58 bits per heavy atom. The summed E-state index contributed by atoms with van der Waals surface area (Å²) in [6.07, 6.45) is 0. The van der Waals surface area contributed by atoms with Gasteiger partial charge in [0.15, 0.2) is 0 Å². The molecule has 0 nitrogen and oxygen atoms in total. The van der Waals surface area contributed by atoms with Crippen LogP contribution >= 0.6 is 0 Å². The average Bonchev–Trinajstić information content (AvgIpc) is 2.05. The quantitative estimate of drug-likeness (QED) is 0.656. The molecular formula is C10H6Y2-2. The molecule has 0 fully saturated rings. The van der Waals surface area contributed by atoms with Crippen LogP contribution in [0.1, 0.15) is 0 Å². The van der Waals surface area contributed by atoms with E-state index in [4.69, 9.17) is 0 Å². The van der Waals surface area contributed by atoms with Crippen LogP contribution in [0.2, 0.25) is 0 Å². The summed E-state index contributed by atoms with van der Waals surface area (Å²) in [5, 5.41) is 2.26. The van der Waals surface area contributed by atoms with Crippen LogP contribution in [-0.2, 0) is 65.4 Å². The van der Waals surface area contributed by atoms with E-state index < -0.39 is 0 Å². The van der Waals surface area contributed by atoms with E-state index in [1.54, 1.807) is 0 Å². The van der Waals surface area contributed by atoms with Crippen LogP contribution < -0.4 is 0 Å². The largest absolute Gasteiger partial charge is 0.246 e. The number of hydrogen-bond acceptors (Lipinski definition) is 0. The van der Waals surface area contributed by atoms with E-state index in [1.807, 2.05) is 36.4 Å². The Bertz CT molecular complexity index is 279. The monoisotopic (exact) mass is 304 g/mol. The standard InChI is InChI=1S/C10H6.2Y/c1-2-6-10-8-4-3-7-9(10)5-1;;/h1-6H;;/q-2;;. The van der Waals surface area contributed by atoms with Gasteiger partial charge in [-0.15, -0.1) is 12.1 Å². The van der Waals surface area contributed by atoms with Crippen LogP contribution in [0.5, 0.6) is 0 Å². The molecule has 2 rings (SSSR count). The summed E-state index contributed by atoms with van der Waals surface area (Å²) in [4.78, 5) is 0. The van der Waals surface area contributed by atoms with Crippen LogP contribution in [0.3, 0.4) is 0 Å². The summed E-state index contributed by atoms with van der Waals surface area (Å²) in [6.45, 7) is 0. The Kier molecular flexibility index (Phi) is 6.86. The van der Waals surface area contributed by atoms with E-state index >= 15 is 0 Å². The fraction of sp³-hybridized carbons (Fsp3) is 0. The van der Waals surface area contributed by atoms with Crippen molar-refractivity contribution in [1.82, 2.24) is 0 Å². The van der Waals surface area contributed by atoms with Gasteiger partial charge in [0.1, 0.15) is 0 Å². The number of benzene rings is 2. The third-order valence-corrected chi connectivity index (χ3v) is 1.49. The zero-order chi connectivity index (χ0) is 6.81. The Morgan fingerprint density at radius 1 is 0.750 bits per heavy atom. The molecule has 0 saturated carbocycles. The smallest absolute Gasteiger partial charge is 0 e. The van der Waals surface area contributed by atoms with Crippen molar-refractivity contribution in [3.05, 3.63) is 48.5 Å². The van der Waals surface area contributed by atoms with Crippen molar-refractivity contribution in [1.29, 1.82) is 0 Å². The average molecular weight is 304 g/mol. The molecule has 0 saturated heterocycles. The predicted octanol–water partition coefficient (Wildman–Crippen LogP) is 2.44. The maximum atomic E-state index is 3.12. The zero-order valence-electron chi connectivity index (χ0n) is 6.62. The summed E-state index contributed by atoms with van der Waals surface area (Å²) >= 11 is 0. The van der Waals surface area contributed by atoms with Gasteiger partial charge in [0.05, 0.1) is 0 Å². The third-order valence-electron chi connectivity index (χ3n) is 1.49. The minimum atomic E-state index is 0. The Balaban J connectivity index is 0.000000605. The van der Waals surface area contributed by atoms with E-state index in [9.17, 15) is 0 Å². The number of hydrogen-bond donors (Lipinski definition) is 0. The maximum Gasteiger partial charge on any atom is 0 e. The van der Waals surface area contributed by atoms with E-state index in [0.29, 0.717) is 0 Å². The molecular weight excluding hydrogens is 298 g/mol. The molecule has 2 aromatic rings. The van der Waals surface area contributed by atoms with Crippen molar-refractivity contribution in [3.63, 3.8) is 0 Å². The van der Waals surface area contributed by atoms with Crippen LogP contribution in [0.15, 0.2) is 36.4 Å². The van der Waals surface area contributed by atoms with E-state index in [2.05, 4.69) is 12.1 Å². The molecule has 0 aliphatic carbocycles. The first kappa shape index (κ1) is 12.9. The van der Waals surface area contributed by atoms with Crippen LogP contribution in [0.4, 0.5) is 0 Å². The molecule has 0 aromatic heterocycles. The first-order valence-electron chi connectivity index (χ1n) is 3.24. The van der Waals surface area contributed by atoms with Gasteiger partial charge in [-0.1, -0.05) is 0 Å². The van der Waals surface area contributed by atoms with E-state index in [1.165, 1.54) is 0 Å². The molecule has 0 aliphatic heterocycles. The Labute approximate surface area is 123 Å². The fourth-order valence-electron chi connectivity index (χ4n) is 0.998. The van der Waals surface area contributed by atoms with Crippen molar-refractivity contribution < 1.29 is 65.4 Å². The molecule has 0 N–H and O–H groups in total. The summed E-state index contributed by atoms with van der Waals surface area (Å²) < 4.78 is 0. The molecule has 2 aromatic carbocycles. The van der Waals surface area contributed by atoms with Crippen molar-refractivity contribution in [2.75, 3.05) is 0 Å². The fourth-order valence-corrected chi connectivity index (χ4v) is 0.998. The van der Waals surface area contributed by atoms with Crippen LogP contribution in [-0.4, -0.2) is 0 Å². The molecule has 0 amide bonds. The van der Waals surface area contributed by atoms with Gasteiger partial charge < -0.3 is 0 Å². The number of rotatable bonds is 0. The molecule has 0 heterocycles. The second-order valence-corrected chi connectivity index (χ2v) is 2.17. The topological polar surface area (TPSA) is 0 Å². The van der Waals surface area contributed by atoms with Crippen LogP contribution in [0, 0.1) is 12.1 Å². The molecule has 0 bridgehead atoms. The molecule has 2 heteroatoms. The summed E-state index contributed by atoms with van der Waals surface area (Å²) in [5.41, 5.74) is 0. The Hall–Kier alpha value is 0.908. The van der Waals surface area contributed by atoms with Gasteiger partial charge in [0.25, 0.3) is 0 Å². The van der Waals surface area contributed by atoms with E-state index in [0.717, 1.165) is 10.8 Å². The van der Waals surface area contributed by atoms with Crippen molar-refractivity contribution in [2.45, 2.75) is 0 Å². The minimum Gasteiger partial charge on any atom is -0.246 e. The summed E-state index contributed by atoms with van der Waals surface area (Å²) in [7, 11) is 0. The second-order valence-electron chi connectivity index (χ2n) is 2.17. The van der Waals surface area contributed by atoms with Gasteiger partial charge in [-0.05, 0) is 0 Å². The van der Waals surface area contributed by atoms with Gasteiger partial charge >= 0.3 is 0 Å². The van der Waals surface area contributed by atoms with Crippen LogP contribution in [0.25, 0.3) is 10.8 Å². The van der Waals surface area contributed by atoms with Gasteiger partial charge in [0.2, 0.25) is 0 Å². The first-order valence-corrected chi connectivity index (χ1v) is 3.24. The van der Waals surface area contributed by atoms with Gasteiger partial charge in [-0.25, -0.2) is 35.0 Å². The van der Waals surface area contributed by atoms with Crippen molar-refractivity contribution in [3.8, 4) is 0 Å². The molecule has 54 valence electrons. The second kappa shape index (κ2) is 6.37. The normalized spacial score (nSPS) is 8.33. The van der Waals surface area contributed by atoms with Crippen molar-refractivity contribution in [2.24, 2.45) is 0 Å². The molecule has 0 spiro atoms. The van der Waals surface area contributed by atoms with Gasteiger partial charge in [0, 0.05) is 65.4 Å². The summed E-state index contributed by atoms with van der Waals surface area (Å²) in [6, 6.07) is 18.1. The predicted molar refractivity (Wildman–Crippen MR) is 41.6 cm³/mol. The third kappa shape index (κ3) is 3.00. The van der Waals surface area contributed by atoms with Gasteiger partial charge in [-0.2, -0.15) is 12.1 Å². The maximum absolute atomic E-state index is 3.12. The SMILES string of the molecule is [Y].[Y].[c-]1cc[c-]c2ccccc12. The first-order chi connectivity index (χ1) is 4.97. The zero-order valence-corrected chi connectivity index (χ0v) is 12.3. The van der Waals surface area contributed by atoms with Crippen molar-refractivity contribution >= 4 is 10.8 Å². The molecule has 0 atom stereocenters. The Morgan fingerprint density at radius 2 is 1.17 bits per heavy atom. The number of fused-ring (bicyclic) bond motifs is 1. The molecule has 0 aliphatic rings. The summed E-state index contributed by atoms with van der Waals surface area (Å²) in [5.74, 6) is 0. The van der Waals surface area contributed by atoms with Gasteiger partial charge in [-0.3, -0.25) is 0 Å². The molecule has 2 radical (unpaired) electrons. The molecule has 12 heavy (non-hydrogen) atoms.